The van der Waals surface area contributed by atoms with Gasteiger partial charge in [-0.15, -0.1) is 5.10 Å². The molecule has 0 amide bonds. The molecule has 1 aliphatic rings. The molecule has 0 radical (unpaired) electrons. The zero-order valence-electron chi connectivity index (χ0n) is 11.5. The maximum absolute atomic E-state index is 11.8. The minimum atomic E-state index is -0.407. The monoisotopic (exact) mass is 274 g/mol. The average molecular weight is 274 g/mol. The Morgan fingerprint density at radius 3 is 2.70 bits per heavy atom. The minimum absolute atomic E-state index is 0.350. The third kappa shape index (κ3) is 2.80. The van der Waals surface area contributed by atoms with Crippen molar-refractivity contribution in [3.8, 4) is 11.5 Å². The summed E-state index contributed by atoms with van der Waals surface area (Å²) in [5.41, 5.74) is 0.767. The highest BCUT2D eigenvalue weighted by atomic mass is 16.4. The van der Waals surface area contributed by atoms with Crippen LogP contribution < -0.4 is 5.76 Å². The third-order valence-corrected chi connectivity index (χ3v) is 3.74. The lowest BCUT2D eigenvalue weighted by Gasteiger charge is -2.29. The SMILES string of the molecule is CC1CCN(Cn2nc(-c3ccncc3)oc2=O)CC1. The maximum atomic E-state index is 11.8. The molecule has 0 spiro atoms. The van der Waals surface area contributed by atoms with Gasteiger partial charge in [-0.2, -0.15) is 4.68 Å². The van der Waals surface area contributed by atoms with Crippen LogP contribution in [0.5, 0.6) is 0 Å². The van der Waals surface area contributed by atoms with Crippen molar-refractivity contribution in [2.24, 2.45) is 5.92 Å². The Labute approximate surface area is 117 Å². The van der Waals surface area contributed by atoms with E-state index < -0.39 is 5.76 Å². The van der Waals surface area contributed by atoms with E-state index in [9.17, 15) is 4.79 Å². The summed E-state index contributed by atoms with van der Waals surface area (Å²) in [4.78, 5) is 18.0. The Balaban J connectivity index is 1.75. The zero-order valence-corrected chi connectivity index (χ0v) is 11.5. The Morgan fingerprint density at radius 2 is 2.00 bits per heavy atom. The number of nitrogens with zero attached hydrogens (tertiary/aromatic N) is 4. The molecular formula is C14H18N4O2. The fourth-order valence-electron chi connectivity index (χ4n) is 2.40. The van der Waals surface area contributed by atoms with Crippen LogP contribution in [0.15, 0.2) is 33.7 Å². The molecule has 1 saturated heterocycles. The molecule has 2 aromatic heterocycles. The van der Waals surface area contributed by atoms with E-state index in [1.165, 1.54) is 17.5 Å². The van der Waals surface area contributed by atoms with Gasteiger partial charge < -0.3 is 4.42 Å². The van der Waals surface area contributed by atoms with Gasteiger partial charge in [-0.1, -0.05) is 6.92 Å². The van der Waals surface area contributed by atoms with Crippen LogP contribution in [-0.4, -0.2) is 32.8 Å². The van der Waals surface area contributed by atoms with Crippen LogP contribution >= 0.6 is 0 Å². The number of aromatic nitrogens is 3. The van der Waals surface area contributed by atoms with Crippen LogP contribution in [0.1, 0.15) is 19.8 Å². The fraction of sp³-hybridized carbons (Fsp3) is 0.500. The summed E-state index contributed by atoms with van der Waals surface area (Å²) < 4.78 is 6.60. The number of likely N-dealkylation sites (tertiary alicyclic amines) is 1. The first-order valence-electron chi connectivity index (χ1n) is 6.93. The highest BCUT2D eigenvalue weighted by Crippen LogP contribution is 2.17. The normalized spacial score (nSPS) is 17.4. The Kier molecular flexibility index (Phi) is 3.64. The summed E-state index contributed by atoms with van der Waals surface area (Å²) in [6.07, 6.45) is 5.65. The Hall–Kier alpha value is -1.95. The number of hydrogen-bond donors (Lipinski definition) is 0. The second-order valence-corrected chi connectivity index (χ2v) is 5.35. The van der Waals surface area contributed by atoms with Crippen LogP contribution in [-0.2, 0) is 6.67 Å². The topological polar surface area (TPSA) is 64.2 Å². The summed E-state index contributed by atoms with van der Waals surface area (Å²) in [7, 11) is 0. The molecule has 2 aromatic rings. The lowest BCUT2D eigenvalue weighted by atomic mass is 10.00. The zero-order chi connectivity index (χ0) is 13.9. The van der Waals surface area contributed by atoms with E-state index in [4.69, 9.17) is 4.42 Å². The molecule has 0 atom stereocenters. The predicted octanol–water partition coefficient (Wildman–Crippen LogP) is 1.59. The van der Waals surface area contributed by atoms with E-state index in [1.54, 1.807) is 24.5 Å². The molecule has 1 fully saturated rings. The van der Waals surface area contributed by atoms with Crippen molar-refractivity contribution in [1.82, 2.24) is 19.7 Å². The Morgan fingerprint density at radius 1 is 1.30 bits per heavy atom. The van der Waals surface area contributed by atoms with Gasteiger partial charge in [0.1, 0.15) is 6.67 Å². The first kappa shape index (κ1) is 13.1. The van der Waals surface area contributed by atoms with Crippen LogP contribution in [0.4, 0.5) is 0 Å². The molecule has 0 unspecified atom stereocenters. The maximum Gasteiger partial charge on any atom is 0.438 e. The molecule has 1 aliphatic heterocycles. The van der Waals surface area contributed by atoms with Crippen molar-refractivity contribution in [3.63, 3.8) is 0 Å². The van der Waals surface area contributed by atoms with E-state index in [-0.39, 0.29) is 0 Å². The fourth-order valence-corrected chi connectivity index (χ4v) is 2.40. The molecule has 20 heavy (non-hydrogen) atoms. The molecule has 0 bridgehead atoms. The van der Waals surface area contributed by atoms with Gasteiger partial charge in [0, 0.05) is 31.0 Å². The second kappa shape index (κ2) is 5.58. The van der Waals surface area contributed by atoms with Crippen molar-refractivity contribution in [2.75, 3.05) is 13.1 Å². The summed E-state index contributed by atoms with van der Waals surface area (Å²) in [6.45, 7) is 4.78. The van der Waals surface area contributed by atoms with Crippen LogP contribution in [0, 0.1) is 5.92 Å². The van der Waals surface area contributed by atoms with Gasteiger partial charge in [0.25, 0.3) is 0 Å². The van der Waals surface area contributed by atoms with E-state index in [0.717, 1.165) is 24.6 Å². The van der Waals surface area contributed by atoms with E-state index in [2.05, 4.69) is 21.9 Å². The van der Waals surface area contributed by atoms with E-state index in [0.29, 0.717) is 12.6 Å². The van der Waals surface area contributed by atoms with Gasteiger partial charge in [-0.3, -0.25) is 9.88 Å². The van der Waals surface area contributed by atoms with Gasteiger partial charge in [-0.25, -0.2) is 4.79 Å². The van der Waals surface area contributed by atoms with Crippen molar-refractivity contribution >= 4 is 0 Å². The largest absolute Gasteiger partial charge is 0.438 e. The van der Waals surface area contributed by atoms with Crippen molar-refractivity contribution in [1.29, 1.82) is 0 Å². The summed E-state index contributed by atoms with van der Waals surface area (Å²) in [6, 6.07) is 3.55. The van der Waals surface area contributed by atoms with Gasteiger partial charge >= 0.3 is 5.76 Å². The van der Waals surface area contributed by atoms with Gasteiger partial charge in [-0.05, 0) is 30.9 Å². The van der Waals surface area contributed by atoms with Gasteiger partial charge in [0.2, 0.25) is 5.89 Å². The molecular weight excluding hydrogens is 256 g/mol. The highest BCUT2D eigenvalue weighted by Gasteiger charge is 2.18. The number of rotatable bonds is 3. The molecule has 6 heteroatoms. The Bertz CT molecular complexity index is 612. The molecule has 0 aromatic carbocycles. The quantitative estimate of drug-likeness (QED) is 0.850. The minimum Gasteiger partial charge on any atom is -0.388 e. The lowest BCUT2D eigenvalue weighted by molar-refractivity contribution is 0.143. The van der Waals surface area contributed by atoms with Crippen molar-refractivity contribution < 1.29 is 4.42 Å². The molecule has 3 rings (SSSR count). The third-order valence-electron chi connectivity index (χ3n) is 3.74. The lowest BCUT2D eigenvalue weighted by Crippen LogP contribution is -2.37. The molecule has 3 heterocycles. The van der Waals surface area contributed by atoms with Crippen LogP contribution in [0.25, 0.3) is 11.5 Å². The first-order chi connectivity index (χ1) is 9.72. The van der Waals surface area contributed by atoms with Crippen molar-refractivity contribution in [2.45, 2.75) is 26.4 Å². The van der Waals surface area contributed by atoms with Crippen LogP contribution in [0.3, 0.4) is 0 Å². The molecule has 0 saturated carbocycles. The second-order valence-electron chi connectivity index (χ2n) is 5.35. The first-order valence-corrected chi connectivity index (χ1v) is 6.93. The number of hydrogen-bond acceptors (Lipinski definition) is 5. The average Bonchev–Trinajstić information content (AvgIpc) is 2.84. The van der Waals surface area contributed by atoms with Gasteiger partial charge in [0.15, 0.2) is 0 Å². The smallest absolute Gasteiger partial charge is 0.388 e. The molecule has 6 nitrogen and oxygen atoms in total. The van der Waals surface area contributed by atoms with Crippen molar-refractivity contribution in [3.05, 3.63) is 35.1 Å². The summed E-state index contributed by atoms with van der Waals surface area (Å²) in [5, 5.41) is 4.26. The van der Waals surface area contributed by atoms with E-state index in [1.807, 2.05) is 0 Å². The standard InChI is InChI=1S/C14H18N4O2/c1-11-4-8-17(9-5-11)10-18-14(19)20-13(16-18)12-2-6-15-7-3-12/h2-3,6-7,11H,4-5,8-10H2,1H3. The predicted molar refractivity (Wildman–Crippen MR) is 74.0 cm³/mol. The van der Waals surface area contributed by atoms with E-state index >= 15 is 0 Å². The molecule has 0 N–H and O–H groups in total. The number of piperidine rings is 1. The summed E-state index contributed by atoms with van der Waals surface area (Å²) >= 11 is 0. The number of pyridine rings is 1. The van der Waals surface area contributed by atoms with Crippen LogP contribution in [0.2, 0.25) is 0 Å². The molecule has 0 aliphatic carbocycles. The molecule has 106 valence electrons. The highest BCUT2D eigenvalue weighted by molar-refractivity contribution is 5.50. The summed E-state index contributed by atoms with van der Waals surface area (Å²) in [5.74, 6) is 0.714. The van der Waals surface area contributed by atoms with Gasteiger partial charge in [0.05, 0.1) is 0 Å².